The van der Waals surface area contributed by atoms with Crippen LogP contribution in [0.5, 0.6) is 0 Å². The summed E-state index contributed by atoms with van der Waals surface area (Å²) in [6.07, 6.45) is 0. The SMILES string of the molecule is CC(C)C(C)CNc1ccc(Br)cc1N. The van der Waals surface area contributed by atoms with Crippen LogP contribution in [0.25, 0.3) is 0 Å². The molecule has 0 aliphatic carbocycles. The molecule has 0 spiro atoms. The number of nitrogens with two attached hydrogens (primary N) is 1. The molecule has 0 saturated carbocycles. The molecule has 1 unspecified atom stereocenters. The van der Waals surface area contributed by atoms with Crippen molar-refractivity contribution in [1.82, 2.24) is 0 Å². The maximum atomic E-state index is 5.89. The second-order valence-electron chi connectivity index (χ2n) is 4.33. The van der Waals surface area contributed by atoms with Crippen molar-refractivity contribution in [2.75, 3.05) is 17.6 Å². The van der Waals surface area contributed by atoms with Gasteiger partial charge in [-0.05, 0) is 30.0 Å². The molecule has 0 aliphatic rings. The number of hydrogen-bond donors (Lipinski definition) is 2. The van der Waals surface area contributed by atoms with Crippen molar-refractivity contribution >= 4 is 27.3 Å². The highest BCUT2D eigenvalue weighted by Gasteiger charge is 2.07. The Bertz CT molecular complexity index is 323. The van der Waals surface area contributed by atoms with Gasteiger partial charge in [-0.1, -0.05) is 36.7 Å². The Morgan fingerprint density at radius 2 is 2.00 bits per heavy atom. The maximum absolute atomic E-state index is 5.89. The Morgan fingerprint density at radius 3 is 2.53 bits per heavy atom. The van der Waals surface area contributed by atoms with Gasteiger partial charge in [0.15, 0.2) is 0 Å². The molecule has 0 radical (unpaired) electrons. The Morgan fingerprint density at radius 1 is 1.33 bits per heavy atom. The summed E-state index contributed by atoms with van der Waals surface area (Å²) in [5.41, 5.74) is 7.70. The molecule has 0 heterocycles. The normalized spacial score (nSPS) is 12.9. The van der Waals surface area contributed by atoms with Gasteiger partial charge in [0.1, 0.15) is 0 Å². The van der Waals surface area contributed by atoms with Gasteiger partial charge in [0.2, 0.25) is 0 Å². The highest BCUT2D eigenvalue weighted by Crippen LogP contribution is 2.23. The number of benzene rings is 1. The van der Waals surface area contributed by atoms with Gasteiger partial charge in [-0.15, -0.1) is 0 Å². The third-order valence-corrected chi connectivity index (χ3v) is 3.26. The summed E-state index contributed by atoms with van der Waals surface area (Å²) >= 11 is 3.39. The summed E-state index contributed by atoms with van der Waals surface area (Å²) < 4.78 is 1.02. The summed E-state index contributed by atoms with van der Waals surface area (Å²) in [6.45, 7) is 7.67. The van der Waals surface area contributed by atoms with Crippen LogP contribution < -0.4 is 11.1 Å². The Hall–Kier alpha value is -0.700. The zero-order chi connectivity index (χ0) is 11.4. The molecule has 1 aromatic rings. The second kappa shape index (κ2) is 5.40. The molecule has 1 atom stereocenters. The highest BCUT2D eigenvalue weighted by molar-refractivity contribution is 9.10. The van der Waals surface area contributed by atoms with Crippen molar-refractivity contribution in [1.29, 1.82) is 0 Å². The first-order valence-electron chi connectivity index (χ1n) is 5.29. The minimum absolute atomic E-state index is 0.646. The minimum atomic E-state index is 0.646. The molecule has 3 N–H and O–H groups in total. The number of rotatable bonds is 4. The van der Waals surface area contributed by atoms with Crippen molar-refractivity contribution < 1.29 is 0 Å². The van der Waals surface area contributed by atoms with E-state index in [4.69, 9.17) is 5.73 Å². The average molecular weight is 271 g/mol. The lowest BCUT2D eigenvalue weighted by Crippen LogP contribution is -2.16. The molecule has 0 bridgehead atoms. The van der Waals surface area contributed by atoms with Crippen LogP contribution in [0.4, 0.5) is 11.4 Å². The first-order chi connectivity index (χ1) is 7.00. The Kier molecular flexibility index (Phi) is 4.45. The first-order valence-corrected chi connectivity index (χ1v) is 6.09. The summed E-state index contributed by atoms with van der Waals surface area (Å²) in [6, 6.07) is 5.92. The minimum Gasteiger partial charge on any atom is -0.397 e. The predicted octanol–water partition coefficient (Wildman–Crippen LogP) is 3.74. The number of nitrogens with one attached hydrogen (secondary N) is 1. The van der Waals surface area contributed by atoms with Gasteiger partial charge >= 0.3 is 0 Å². The van der Waals surface area contributed by atoms with E-state index in [0.29, 0.717) is 11.8 Å². The second-order valence-corrected chi connectivity index (χ2v) is 5.25. The Labute approximate surface area is 100 Å². The first kappa shape index (κ1) is 12.4. The standard InChI is InChI=1S/C12H19BrN2/c1-8(2)9(3)7-15-12-5-4-10(13)6-11(12)14/h4-6,8-9,15H,7,14H2,1-3H3. The van der Waals surface area contributed by atoms with Crippen LogP contribution in [0.1, 0.15) is 20.8 Å². The number of nitrogen functional groups attached to an aromatic ring is 1. The van der Waals surface area contributed by atoms with E-state index in [1.165, 1.54) is 0 Å². The largest absolute Gasteiger partial charge is 0.397 e. The Balaban J connectivity index is 2.58. The fraction of sp³-hybridized carbons (Fsp3) is 0.500. The topological polar surface area (TPSA) is 38.0 Å². The van der Waals surface area contributed by atoms with Crippen LogP contribution in [-0.4, -0.2) is 6.54 Å². The van der Waals surface area contributed by atoms with E-state index in [1.54, 1.807) is 0 Å². The summed E-state index contributed by atoms with van der Waals surface area (Å²) in [5.74, 6) is 1.34. The molecule has 3 heteroatoms. The van der Waals surface area contributed by atoms with Crippen molar-refractivity contribution in [3.8, 4) is 0 Å². The van der Waals surface area contributed by atoms with Crippen molar-refractivity contribution in [2.45, 2.75) is 20.8 Å². The van der Waals surface area contributed by atoms with E-state index in [0.717, 1.165) is 22.4 Å². The van der Waals surface area contributed by atoms with E-state index >= 15 is 0 Å². The van der Waals surface area contributed by atoms with Crippen molar-refractivity contribution in [2.24, 2.45) is 11.8 Å². The van der Waals surface area contributed by atoms with Crippen LogP contribution in [0, 0.1) is 11.8 Å². The zero-order valence-corrected chi connectivity index (χ0v) is 11.1. The summed E-state index contributed by atoms with van der Waals surface area (Å²) in [7, 11) is 0. The number of anilines is 2. The van der Waals surface area contributed by atoms with E-state index in [-0.39, 0.29) is 0 Å². The highest BCUT2D eigenvalue weighted by atomic mass is 79.9. The van der Waals surface area contributed by atoms with E-state index < -0.39 is 0 Å². The maximum Gasteiger partial charge on any atom is 0.0574 e. The van der Waals surface area contributed by atoms with Gasteiger partial charge in [0.25, 0.3) is 0 Å². The van der Waals surface area contributed by atoms with Crippen LogP contribution >= 0.6 is 15.9 Å². The van der Waals surface area contributed by atoms with E-state index in [1.807, 2.05) is 18.2 Å². The van der Waals surface area contributed by atoms with Gasteiger partial charge < -0.3 is 11.1 Å². The molecule has 0 aromatic heterocycles. The molecular weight excluding hydrogens is 252 g/mol. The van der Waals surface area contributed by atoms with Crippen LogP contribution in [0.15, 0.2) is 22.7 Å². The van der Waals surface area contributed by atoms with Crippen LogP contribution in [0.2, 0.25) is 0 Å². The van der Waals surface area contributed by atoms with E-state index in [2.05, 4.69) is 42.0 Å². The fourth-order valence-electron chi connectivity index (χ4n) is 1.20. The third-order valence-electron chi connectivity index (χ3n) is 2.77. The lowest BCUT2D eigenvalue weighted by Gasteiger charge is -2.17. The molecule has 1 aromatic carbocycles. The van der Waals surface area contributed by atoms with Crippen molar-refractivity contribution in [3.63, 3.8) is 0 Å². The van der Waals surface area contributed by atoms with Crippen molar-refractivity contribution in [3.05, 3.63) is 22.7 Å². The monoisotopic (exact) mass is 270 g/mol. The lowest BCUT2D eigenvalue weighted by atomic mass is 9.98. The molecule has 15 heavy (non-hydrogen) atoms. The molecule has 0 aliphatic heterocycles. The van der Waals surface area contributed by atoms with Gasteiger partial charge in [-0.25, -0.2) is 0 Å². The molecule has 1 rings (SSSR count). The molecular formula is C12H19BrN2. The van der Waals surface area contributed by atoms with Crippen LogP contribution in [-0.2, 0) is 0 Å². The molecule has 0 fully saturated rings. The molecule has 0 saturated heterocycles. The van der Waals surface area contributed by atoms with Gasteiger partial charge in [-0.2, -0.15) is 0 Å². The molecule has 84 valence electrons. The van der Waals surface area contributed by atoms with Gasteiger partial charge in [0.05, 0.1) is 11.4 Å². The van der Waals surface area contributed by atoms with Crippen LogP contribution in [0.3, 0.4) is 0 Å². The number of halogens is 1. The van der Waals surface area contributed by atoms with E-state index in [9.17, 15) is 0 Å². The zero-order valence-electron chi connectivity index (χ0n) is 9.55. The van der Waals surface area contributed by atoms with Gasteiger partial charge in [-0.3, -0.25) is 0 Å². The number of hydrogen-bond acceptors (Lipinski definition) is 2. The van der Waals surface area contributed by atoms with Gasteiger partial charge in [0, 0.05) is 11.0 Å². The fourth-order valence-corrected chi connectivity index (χ4v) is 1.58. The summed E-state index contributed by atoms with van der Waals surface area (Å²) in [4.78, 5) is 0. The lowest BCUT2D eigenvalue weighted by molar-refractivity contribution is 0.440. The summed E-state index contributed by atoms with van der Waals surface area (Å²) in [5, 5.41) is 3.38. The smallest absolute Gasteiger partial charge is 0.0574 e. The quantitative estimate of drug-likeness (QED) is 0.819. The third kappa shape index (κ3) is 3.74. The average Bonchev–Trinajstić information content (AvgIpc) is 2.15. The molecule has 0 amide bonds. The molecule has 2 nitrogen and oxygen atoms in total. The predicted molar refractivity (Wildman–Crippen MR) is 71.0 cm³/mol.